The molecule has 0 aliphatic carbocycles. The number of unbranched alkanes of at least 4 members (excludes halogenated alkanes) is 3. The number of hydrogen-bond acceptors (Lipinski definition) is 2. The van der Waals surface area contributed by atoms with Crippen molar-refractivity contribution in [1.82, 2.24) is 10.6 Å². The van der Waals surface area contributed by atoms with E-state index in [1.165, 1.54) is 12.8 Å². The highest BCUT2D eigenvalue weighted by Gasteiger charge is 2.04. The highest BCUT2D eigenvalue weighted by molar-refractivity contribution is 5.95. The summed E-state index contributed by atoms with van der Waals surface area (Å²) < 4.78 is 0. The third kappa shape index (κ3) is 5.73. The third-order valence-electron chi connectivity index (χ3n) is 2.95. The molecule has 20 heavy (non-hydrogen) atoms. The van der Waals surface area contributed by atoms with Crippen LogP contribution in [0, 0.1) is 0 Å². The Hall–Kier alpha value is -2.04. The molecule has 0 spiro atoms. The fourth-order valence-corrected chi connectivity index (χ4v) is 1.78. The molecule has 0 aliphatic heterocycles. The second-order valence-corrected chi connectivity index (χ2v) is 4.60. The standard InChI is InChI=1S/C15H23N3O2/c1-3-4-5-6-11-17-15(20)18-13-9-7-12(8-10-13)14(19)16-2/h7-10H,3-6,11H2,1-2H3,(H,16,19)(H2,17,18,20). The lowest BCUT2D eigenvalue weighted by molar-refractivity contribution is 0.0963. The first-order valence-electron chi connectivity index (χ1n) is 7.04. The van der Waals surface area contributed by atoms with E-state index in [9.17, 15) is 9.59 Å². The predicted molar refractivity (Wildman–Crippen MR) is 81.0 cm³/mol. The van der Waals surface area contributed by atoms with Gasteiger partial charge in [-0.3, -0.25) is 4.79 Å². The first-order valence-corrected chi connectivity index (χ1v) is 7.04. The summed E-state index contributed by atoms with van der Waals surface area (Å²) in [5.41, 5.74) is 1.24. The molecule has 0 fully saturated rings. The predicted octanol–water partition coefficient (Wildman–Crippen LogP) is 2.75. The summed E-state index contributed by atoms with van der Waals surface area (Å²) in [6.07, 6.45) is 4.52. The molecule has 0 aliphatic rings. The van der Waals surface area contributed by atoms with Crippen molar-refractivity contribution in [3.05, 3.63) is 29.8 Å². The van der Waals surface area contributed by atoms with Crippen molar-refractivity contribution < 1.29 is 9.59 Å². The summed E-state index contributed by atoms with van der Waals surface area (Å²) in [6.45, 7) is 2.84. The van der Waals surface area contributed by atoms with E-state index in [0.29, 0.717) is 17.8 Å². The first kappa shape index (κ1) is 16.0. The van der Waals surface area contributed by atoms with E-state index in [2.05, 4.69) is 22.9 Å². The van der Waals surface area contributed by atoms with Crippen LogP contribution >= 0.6 is 0 Å². The molecule has 5 nitrogen and oxygen atoms in total. The molecule has 0 unspecified atom stereocenters. The van der Waals surface area contributed by atoms with Gasteiger partial charge in [-0.25, -0.2) is 4.79 Å². The number of urea groups is 1. The van der Waals surface area contributed by atoms with Gasteiger partial charge in [-0.2, -0.15) is 0 Å². The van der Waals surface area contributed by atoms with Gasteiger partial charge in [-0.1, -0.05) is 26.2 Å². The minimum absolute atomic E-state index is 0.142. The topological polar surface area (TPSA) is 70.2 Å². The molecule has 0 heterocycles. The van der Waals surface area contributed by atoms with Gasteiger partial charge < -0.3 is 16.0 Å². The summed E-state index contributed by atoms with van der Waals surface area (Å²) in [6, 6.07) is 6.56. The summed E-state index contributed by atoms with van der Waals surface area (Å²) in [5.74, 6) is -0.142. The fourth-order valence-electron chi connectivity index (χ4n) is 1.78. The van der Waals surface area contributed by atoms with Crippen molar-refractivity contribution in [1.29, 1.82) is 0 Å². The maximum Gasteiger partial charge on any atom is 0.319 e. The molecule has 1 aromatic carbocycles. The van der Waals surface area contributed by atoms with E-state index < -0.39 is 0 Å². The molecule has 0 saturated carbocycles. The monoisotopic (exact) mass is 277 g/mol. The average molecular weight is 277 g/mol. The van der Waals surface area contributed by atoms with Crippen LogP contribution in [0.1, 0.15) is 43.0 Å². The Morgan fingerprint density at radius 2 is 1.75 bits per heavy atom. The summed E-state index contributed by atoms with van der Waals surface area (Å²) in [5, 5.41) is 8.09. The molecule has 3 N–H and O–H groups in total. The SMILES string of the molecule is CCCCCCNC(=O)Nc1ccc(C(=O)NC)cc1. The van der Waals surface area contributed by atoms with Crippen LogP contribution in [0.2, 0.25) is 0 Å². The summed E-state index contributed by atoms with van der Waals surface area (Å²) in [4.78, 5) is 23.0. The van der Waals surface area contributed by atoms with Gasteiger partial charge in [-0.15, -0.1) is 0 Å². The average Bonchev–Trinajstić information content (AvgIpc) is 2.47. The smallest absolute Gasteiger partial charge is 0.319 e. The Kier molecular flexibility index (Phi) is 7.17. The zero-order chi connectivity index (χ0) is 14.8. The highest BCUT2D eigenvalue weighted by Crippen LogP contribution is 2.09. The number of carbonyl (C=O) groups excluding carboxylic acids is 2. The van der Waals surface area contributed by atoms with Gasteiger partial charge in [0.25, 0.3) is 5.91 Å². The normalized spacial score (nSPS) is 9.90. The molecule has 0 bridgehead atoms. The number of amides is 3. The van der Waals surface area contributed by atoms with Crippen LogP contribution in [-0.4, -0.2) is 25.5 Å². The molecule has 3 amide bonds. The van der Waals surface area contributed by atoms with Gasteiger partial charge in [-0.05, 0) is 30.7 Å². The van der Waals surface area contributed by atoms with E-state index in [0.717, 1.165) is 12.8 Å². The van der Waals surface area contributed by atoms with Gasteiger partial charge in [0, 0.05) is 24.8 Å². The van der Waals surface area contributed by atoms with Crippen molar-refractivity contribution >= 4 is 17.6 Å². The fraction of sp³-hybridized carbons (Fsp3) is 0.467. The Bertz CT molecular complexity index is 429. The highest BCUT2D eigenvalue weighted by atomic mass is 16.2. The van der Waals surface area contributed by atoms with Crippen LogP contribution in [0.15, 0.2) is 24.3 Å². The number of carbonyl (C=O) groups is 2. The maximum atomic E-state index is 11.6. The largest absolute Gasteiger partial charge is 0.355 e. The zero-order valence-electron chi connectivity index (χ0n) is 12.2. The molecule has 0 radical (unpaired) electrons. The molecular weight excluding hydrogens is 254 g/mol. The summed E-state index contributed by atoms with van der Waals surface area (Å²) in [7, 11) is 1.58. The first-order chi connectivity index (χ1) is 9.67. The van der Waals surface area contributed by atoms with Crippen LogP contribution in [0.5, 0.6) is 0 Å². The molecule has 0 aromatic heterocycles. The van der Waals surface area contributed by atoms with E-state index in [1.807, 2.05) is 0 Å². The molecule has 5 heteroatoms. The quantitative estimate of drug-likeness (QED) is 0.671. The molecular formula is C15H23N3O2. The molecule has 1 aromatic rings. The number of hydrogen-bond donors (Lipinski definition) is 3. The Morgan fingerprint density at radius 1 is 1.05 bits per heavy atom. The lowest BCUT2D eigenvalue weighted by Crippen LogP contribution is -2.29. The van der Waals surface area contributed by atoms with Crippen LogP contribution in [0.4, 0.5) is 10.5 Å². The Balaban J connectivity index is 2.33. The maximum absolute atomic E-state index is 11.6. The van der Waals surface area contributed by atoms with E-state index in [4.69, 9.17) is 0 Å². The Morgan fingerprint density at radius 3 is 2.35 bits per heavy atom. The van der Waals surface area contributed by atoms with Crippen LogP contribution in [0.25, 0.3) is 0 Å². The van der Waals surface area contributed by atoms with Gasteiger partial charge >= 0.3 is 6.03 Å². The molecule has 0 atom stereocenters. The van der Waals surface area contributed by atoms with E-state index in [-0.39, 0.29) is 11.9 Å². The second kappa shape index (κ2) is 8.96. The minimum atomic E-state index is -0.214. The summed E-state index contributed by atoms with van der Waals surface area (Å²) >= 11 is 0. The second-order valence-electron chi connectivity index (χ2n) is 4.60. The van der Waals surface area contributed by atoms with Gasteiger partial charge in [0.15, 0.2) is 0 Å². The minimum Gasteiger partial charge on any atom is -0.355 e. The lowest BCUT2D eigenvalue weighted by Gasteiger charge is -2.08. The van der Waals surface area contributed by atoms with E-state index in [1.54, 1.807) is 31.3 Å². The van der Waals surface area contributed by atoms with E-state index >= 15 is 0 Å². The molecule has 110 valence electrons. The molecule has 1 rings (SSSR count). The van der Waals surface area contributed by atoms with Gasteiger partial charge in [0.1, 0.15) is 0 Å². The lowest BCUT2D eigenvalue weighted by atomic mass is 10.2. The van der Waals surface area contributed by atoms with Crippen molar-refractivity contribution in [2.45, 2.75) is 32.6 Å². The van der Waals surface area contributed by atoms with Crippen molar-refractivity contribution in [2.24, 2.45) is 0 Å². The number of benzene rings is 1. The number of rotatable bonds is 7. The van der Waals surface area contributed by atoms with Crippen LogP contribution < -0.4 is 16.0 Å². The third-order valence-corrected chi connectivity index (χ3v) is 2.95. The van der Waals surface area contributed by atoms with Crippen molar-refractivity contribution in [3.8, 4) is 0 Å². The van der Waals surface area contributed by atoms with Gasteiger partial charge in [0.2, 0.25) is 0 Å². The molecule has 0 saturated heterocycles. The van der Waals surface area contributed by atoms with Crippen molar-refractivity contribution in [3.63, 3.8) is 0 Å². The van der Waals surface area contributed by atoms with Crippen LogP contribution in [-0.2, 0) is 0 Å². The number of nitrogens with one attached hydrogen (secondary N) is 3. The number of anilines is 1. The van der Waals surface area contributed by atoms with Gasteiger partial charge in [0.05, 0.1) is 0 Å². The van der Waals surface area contributed by atoms with Crippen molar-refractivity contribution in [2.75, 3.05) is 18.9 Å². The zero-order valence-corrected chi connectivity index (χ0v) is 12.2. The van der Waals surface area contributed by atoms with Crippen LogP contribution in [0.3, 0.4) is 0 Å². The Labute approximate surface area is 120 Å².